The summed E-state index contributed by atoms with van der Waals surface area (Å²) in [6, 6.07) is 9.50. The average molecular weight is 428 g/mol. The zero-order valence-corrected chi connectivity index (χ0v) is 18.3. The highest BCUT2D eigenvalue weighted by atomic mass is 16.6. The van der Waals surface area contributed by atoms with Gasteiger partial charge in [0.2, 0.25) is 5.91 Å². The van der Waals surface area contributed by atoms with Gasteiger partial charge in [-0.15, -0.1) is 0 Å². The fourth-order valence-corrected chi connectivity index (χ4v) is 3.81. The number of hydrogen-bond acceptors (Lipinski definition) is 6. The Morgan fingerprint density at radius 1 is 1.16 bits per heavy atom. The molecule has 0 N–H and O–H groups in total. The van der Waals surface area contributed by atoms with E-state index in [1.54, 1.807) is 26.4 Å². The molecule has 1 amide bonds. The zero-order valence-electron chi connectivity index (χ0n) is 18.3. The van der Waals surface area contributed by atoms with E-state index in [2.05, 4.69) is 0 Å². The van der Waals surface area contributed by atoms with Gasteiger partial charge in [0.05, 0.1) is 25.2 Å². The van der Waals surface area contributed by atoms with Crippen molar-refractivity contribution in [2.45, 2.75) is 32.7 Å². The predicted octanol–water partition coefficient (Wildman–Crippen LogP) is 4.16. The Kier molecular flexibility index (Phi) is 6.99. The number of fused-ring (bicyclic) bond motifs is 1. The molecule has 8 nitrogen and oxygen atoms in total. The van der Waals surface area contributed by atoms with Crippen molar-refractivity contribution in [2.24, 2.45) is 5.92 Å². The molecule has 0 bridgehead atoms. The summed E-state index contributed by atoms with van der Waals surface area (Å²) in [6.07, 6.45) is 1.17. The summed E-state index contributed by atoms with van der Waals surface area (Å²) in [5.41, 5.74) is 2.05. The number of ether oxygens (including phenoxy) is 3. The van der Waals surface area contributed by atoms with E-state index in [0.717, 1.165) is 11.1 Å². The standard InChI is InChI=1S/C23H28N2O6/c1-15(2)11-23(26)24-10-9-16-12-21(29-3)22(30-4)13-19(16)20(24)14-31-18-7-5-17(6-8-18)25(27)28/h5-8,12-13,15,20H,9-11,14H2,1-4H3/t20-/m1/s1. The number of nitro benzene ring substituents is 1. The van der Waals surface area contributed by atoms with Crippen molar-refractivity contribution in [3.8, 4) is 17.2 Å². The normalized spacial score (nSPS) is 15.4. The number of carbonyl (C=O) groups excluding carboxylic acids is 1. The van der Waals surface area contributed by atoms with E-state index < -0.39 is 4.92 Å². The Morgan fingerprint density at radius 2 is 1.81 bits per heavy atom. The lowest BCUT2D eigenvalue weighted by molar-refractivity contribution is -0.384. The third-order valence-corrected chi connectivity index (χ3v) is 5.36. The molecule has 8 heteroatoms. The van der Waals surface area contributed by atoms with Gasteiger partial charge in [-0.25, -0.2) is 0 Å². The Balaban J connectivity index is 1.91. The molecule has 0 radical (unpaired) electrons. The van der Waals surface area contributed by atoms with Crippen LogP contribution < -0.4 is 14.2 Å². The Morgan fingerprint density at radius 3 is 2.39 bits per heavy atom. The average Bonchev–Trinajstić information content (AvgIpc) is 2.75. The van der Waals surface area contributed by atoms with Crippen LogP contribution >= 0.6 is 0 Å². The van der Waals surface area contributed by atoms with Crippen LogP contribution in [0, 0.1) is 16.0 Å². The van der Waals surface area contributed by atoms with E-state index in [1.165, 1.54) is 12.1 Å². The summed E-state index contributed by atoms with van der Waals surface area (Å²) in [6.45, 7) is 4.85. The minimum absolute atomic E-state index is 0.000862. The number of nitro groups is 1. The van der Waals surface area contributed by atoms with E-state index in [0.29, 0.717) is 36.6 Å². The Labute approximate surface area is 181 Å². The molecule has 0 unspecified atom stereocenters. The van der Waals surface area contributed by atoms with Crippen molar-refractivity contribution in [3.63, 3.8) is 0 Å². The van der Waals surface area contributed by atoms with Crippen LogP contribution in [-0.2, 0) is 11.2 Å². The highest BCUT2D eigenvalue weighted by Crippen LogP contribution is 2.39. The van der Waals surface area contributed by atoms with Crippen LogP contribution in [0.4, 0.5) is 5.69 Å². The second-order valence-electron chi connectivity index (χ2n) is 7.92. The van der Waals surface area contributed by atoms with Gasteiger partial charge in [0.1, 0.15) is 12.4 Å². The maximum atomic E-state index is 13.0. The summed E-state index contributed by atoms with van der Waals surface area (Å²) in [5, 5.41) is 10.9. The van der Waals surface area contributed by atoms with Gasteiger partial charge in [0.15, 0.2) is 11.5 Å². The topological polar surface area (TPSA) is 91.1 Å². The van der Waals surface area contributed by atoms with E-state index in [9.17, 15) is 14.9 Å². The first-order valence-corrected chi connectivity index (χ1v) is 10.3. The number of nitrogens with zero attached hydrogens (tertiary/aromatic N) is 2. The molecule has 0 spiro atoms. The fraction of sp³-hybridized carbons (Fsp3) is 0.435. The lowest BCUT2D eigenvalue weighted by Crippen LogP contribution is -2.43. The van der Waals surface area contributed by atoms with Crippen molar-refractivity contribution in [2.75, 3.05) is 27.4 Å². The highest BCUT2D eigenvalue weighted by Gasteiger charge is 2.33. The molecule has 1 heterocycles. The minimum Gasteiger partial charge on any atom is -0.493 e. The summed E-state index contributed by atoms with van der Waals surface area (Å²) in [7, 11) is 3.18. The Hall–Kier alpha value is -3.29. The summed E-state index contributed by atoms with van der Waals surface area (Å²) in [4.78, 5) is 25.3. The van der Waals surface area contributed by atoms with Crippen LogP contribution in [0.25, 0.3) is 0 Å². The molecule has 0 fully saturated rings. The number of hydrogen-bond donors (Lipinski definition) is 0. The largest absolute Gasteiger partial charge is 0.493 e. The van der Waals surface area contributed by atoms with Crippen LogP contribution in [0.1, 0.15) is 37.4 Å². The smallest absolute Gasteiger partial charge is 0.269 e. The quantitative estimate of drug-likeness (QED) is 0.463. The lowest BCUT2D eigenvalue weighted by atomic mass is 9.91. The monoisotopic (exact) mass is 428 g/mol. The molecule has 0 saturated carbocycles. The lowest BCUT2D eigenvalue weighted by Gasteiger charge is -2.38. The molecule has 2 aromatic carbocycles. The van der Waals surface area contributed by atoms with Crippen LogP contribution in [0.3, 0.4) is 0 Å². The predicted molar refractivity (Wildman–Crippen MR) is 116 cm³/mol. The third kappa shape index (κ3) is 5.07. The summed E-state index contributed by atoms with van der Waals surface area (Å²) in [5.74, 6) is 2.08. The van der Waals surface area contributed by atoms with Crippen molar-refractivity contribution in [3.05, 3.63) is 57.6 Å². The zero-order chi connectivity index (χ0) is 22.5. The second kappa shape index (κ2) is 9.68. The molecule has 0 saturated heterocycles. The summed E-state index contributed by atoms with van der Waals surface area (Å²) < 4.78 is 16.9. The van der Waals surface area contributed by atoms with Gasteiger partial charge in [-0.1, -0.05) is 13.8 Å². The molecule has 31 heavy (non-hydrogen) atoms. The molecule has 2 aromatic rings. The van der Waals surface area contributed by atoms with Gasteiger partial charge in [-0.3, -0.25) is 14.9 Å². The maximum absolute atomic E-state index is 13.0. The molecule has 0 aliphatic carbocycles. The molecule has 1 aliphatic rings. The number of carbonyl (C=O) groups is 1. The van der Waals surface area contributed by atoms with Gasteiger partial charge in [0, 0.05) is 25.1 Å². The fourth-order valence-electron chi connectivity index (χ4n) is 3.81. The van der Waals surface area contributed by atoms with E-state index >= 15 is 0 Å². The van der Waals surface area contributed by atoms with E-state index in [-0.39, 0.29) is 30.2 Å². The van der Waals surface area contributed by atoms with Crippen molar-refractivity contribution < 1.29 is 23.9 Å². The van der Waals surface area contributed by atoms with E-state index in [4.69, 9.17) is 14.2 Å². The molecule has 166 valence electrons. The summed E-state index contributed by atoms with van der Waals surface area (Å²) >= 11 is 0. The van der Waals surface area contributed by atoms with Crippen LogP contribution in [0.2, 0.25) is 0 Å². The van der Waals surface area contributed by atoms with Gasteiger partial charge in [-0.05, 0) is 47.7 Å². The molecule has 3 rings (SSSR count). The van der Waals surface area contributed by atoms with Crippen LogP contribution in [0.5, 0.6) is 17.2 Å². The molecular weight excluding hydrogens is 400 g/mol. The van der Waals surface area contributed by atoms with Gasteiger partial charge < -0.3 is 19.1 Å². The third-order valence-electron chi connectivity index (χ3n) is 5.36. The number of methoxy groups -OCH3 is 2. The van der Waals surface area contributed by atoms with Crippen molar-refractivity contribution in [1.82, 2.24) is 4.90 Å². The Bertz CT molecular complexity index is 942. The first-order chi connectivity index (χ1) is 14.8. The van der Waals surface area contributed by atoms with E-state index in [1.807, 2.05) is 30.9 Å². The number of amides is 1. The minimum atomic E-state index is -0.451. The van der Waals surface area contributed by atoms with Gasteiger partial charge >= 0.3 is 0 Å². The van der Waals surface area contributed by atoms with Crippen LogP contribution in [0.15, 0.2) is 36.4 Å². The second-order valence-corrected chi connectivity index (χ2v) is 7.92. The first kappa shape index (κ1) is 22.4. The SMILES string of the molecule is COc1cc2c(cc1OC)[C@@H](COc1ccc([N+](=O)[O-])cc1)N(C(=O)CC(C)C)CC2. The van der Waals surface area contributed by atoms with Crippen molar-refractivity contribution >= 4 is 11.6 Å². The van der Waals surface area contributed by atoms with Crippen LogP contribution in [-0.4, -0.2) is 43.1 Å². The molecule has 1 atom stereocenters. The van der Waals surface area contributed by atoms with Crippen molar-refractivity contribution in [1.29, 1.82) is 0 Å². The van der Waals surface area contributed by atoms with Gasteiger partial charge in [0.25, 0.3) is 5.69 Å². The first-order valence-electron chi connectivity index (χ1n) is 10.3. The maximum Gasteiger partial charge on any atom is 0.269 e. The number of benzene rings is 2. The molecule has 0 aromatic heterocycles. The number of non-ortho nitro benzene ring substituents is 1. The molecule has 1 aliphatic heterocycles. The number of rotatable bonds is 8. The van der Waals surface area contributed by atoms with Gasteiger partial charge in [-0.2, -0.15) is 0 Å². The molecular formula is C23H28N2O6. The highest BCUT2D eigenvalue weighted by molar-refractivity contribution is 5.77.